The van der Waals surface area contributed by atoms with Gasteiger partial charge in [0.1, 0.15) is 0 Å². The summed E-state index contributed by atoms with van der Waals surface area (Å²) < 4.78 is 5.23. The van der Waals surface area contributed by atoms with Crippen LogP contribution in [0.25, 0.3) is 22.8 Å². The Balaban J connectivity index is 1.47. The first-order chi connectivity index (χ1) is 12.8. The summed E-state index contributed by atoms with van der Waals surface area (Å²) in [5.41, 5.74) is 3.38. The van der Waals surface area contributed by atoms with Gasteiger partial charge in [-0.05, 0) is 24.3 Å². The first kappa shape index (κ1) is 16.2. The second-order valence-electron chi connectivity index (χ2n) is 5.96. The van der Waals surface area contributed by atoms with Gasteiger partial charge in [0.15, 0.2) is 11.6 Å². The number of H-pyrrole nitrogens is 1. The predicted molar refractivity (Wildman–Crippen MR) is 99.4 cm³/mol. The normalized spacial score (nSPS) is 13.9. The maximum absolute atomic E-state index is 12.2. The summed E-state index contributed by atoms with van der Waals surface area (Å²) in [6.07, 6.45) is 2.47. The van der Waals surface area contributed by atoms with Crippen molar-refractivity contribution in [2.24, 2.45) is 0 Å². The zero-order chi connectivity index (χ0) is 17.8. The molecule has 2 aromatic carbocycles. The second kappa shape index (κ2) is 7.33. The van der Waals surface area contributed by atoms with Crippen molar-refractivity contribution in [3.05, 3.63) is 66.2 Å². The monoisotopic (exact) mass is 346 g/mol. The number of carbonyl (C=O) groups excluding carboxylic acids is 1. The quantitative estimate of drug-likeness (QED) is 0.758. The fraction of sp³-hybridized carbons (Fsp3) is 0.150. The largest absolute Gasteiger partial charge is 0.377 e. The number of amides is 1. The van der Waals surface area contributed by atoms with Gasteiger partial charge in [-0.3, -0.25) is 9.89 Å². The molecule has 0 radical (unpaired) electrons. The van der Waals surface area contributed by atoms with E-state index < -0.39 is 0 Å². The van der Waals surface area contributed by atoms with E-state index in [9.17, 15) is 4.79 Å². The van der Waals surface area contributed by atoms with Crippen molar-refractivity contribution < 1.29 is 9.53 Å². The van der Waals surface area contributed by atoms with E-state index in [-0.39, 0.29) is 5.91 Å². The van der Waals surface area contributed by atoms with E-state index in [4.69, 9.17) is 4.74 Å². The molecule has 3 aromatic rings. The molecule has 1 aliphatic rings. The minimum Gasteiger partial charge on any atom is -0.377 e. The molecule has 4 rings (SSSR count). The third-order valence-corrected chi connectivity index (χ3v) is 4.19. The summed E-state index contributed by atoms with van der Waals surface area (Å²) in [4.78, 5) is 16.8. The molecule has 1 aliphatic heterocycles. The van der Waals surface area contributed by atoms with E-state index >= 15 is 0 Å². The van der Waals surface area contributed by atoms with Crippen molar-refractivity contribution in [2.75, 3.05) is 18.5 Å². The van der Waals surface area contributed by atoms with Crippen LogP contribution in [0.15, 0.2) is 66.2 Å². The lowest BCUT2D eigenvalue weighted by Gasteiger charge is -2.13. The first-order valence-corrected chi connectivity index (χ1v) is 8.46. The molecular formula is C20H18N4O2. The summed E-state index contributed by atoms with van der Waals surface area (Å²) in [5, 5.41) is 10.1. The Labute approximate surface area is 150 Å². The van der Waals surface area contributed by atoms with Crippen LogP contribution in [-0.2, 0) is 9.53 Å². The van der Waals surface area contributed by atoms with Gasteiger partial charge in [0, 0.05) is 28.8 Å². The molecule has 0 fully saturated rings. The van der Waals surface area contributed by atoms with Crippen LogP contribution in [0.3, 0.4) is 0 Å². The fourth-order valence-electron chi connectivity index (χ4n) is 2.76. The van der Waals surface area contributed by atoms with Gasteiger partial charge in [-0.25, -0.2) is 4.98 Å². The molecule has 26 heavy (non-hydrogen) atoms. The van der Waals surface area contributed by atoms with Crippen LogP contribution in [-0.4, -0.2) is 34.3 Å². The standard InChI is InChI=1S/C20H18N4O2/c25-20(16-10-12-26-13-11-16)21-17-8-6-15(7-9-17)19-22-18(23-24-19)14-4-2-1-3-5-14/h1-10H,11-13H2,(H,21,25)(H,22,23,24). The van der Waals surface area contributed by atoms with Gasteiger partial charge in [-0.1, -0.05) is 36.4 Å². The molecule has 6 heteroatoms. The smallest absolute Gasteiger partial charge is 0.251 e. The van der Waals surface area contributed by atoms with Crippen LogP contribution in [0.2, 0.25) is 0 Å². The summed E-state index contributed by atoms with van der Waals surface area (Å²) in [7, 11) is 0. The van der Waals surface area contributed by atoms with Crippen molar-refractivity contribution in [3.63, 3.8) is 0 Å². The number of anilines is 1. The highest BCUT2D eigenvalue weighted by Gasteiger charge is 2.13. The highest BCUT2D eigenvalue weighted by atomic mass is 16.5. The molecule has 0 aliphatic carbocycles. The van der Waals surface area contributed by atoms with Crippen LogP contribution in [0.5, 0.6) is 0 Å². The fourth-order valence-corrected chi connectivity index (χ4v) is 2.76. The Morgan fingerprint density at radius 1 is 1.04 bits per heavy atom. The van der Waals surface area contributed by atoms with Crippen LogP contribution in [0, 0.1) is 0 Å². The Bertz CT molecular complexity index is 930. The summed E-state index contributed by atoms with van der Waals surface area (Å²) in [6.45, 7) is 1.09. The van der Waals surface area contributed by atoms with Gasteiger partial charge in [0.2, 0.25) is 0 Å². The number of aromatic nitrogens is 3. The third-order valence-electron chi connectivity index (χ3n) is 4.19. The molecule has 0 unspecified atom stereocenters. The number of nitrogens with one attached hydrogen (secondary N) is 2. The van der Waals surface area contributed by atoms with Gasteiger partial charge >= 0.3 is 0 Å². The Hall–Kier alpha value is -3.25. The van der Waals surface area contributed by atoms with Crippen LogP contribution >= 0.6 is 0 Å². The number of hydrogen-bond donors (Lipinski definition) is 2. The maximum atomic E-state index is 12.2. The molecule has 0 bridgehead atoms. The number of carbonyl (C=O) groups is 1. The summed E-state index contributed by atoms with van der Waals surface area (Å²) >= 11 is 0. The average Bonchev–Trinajstić information content (AvgIpc) is 3.20. The number of aromatic amines is 1. The van der Waals surface area contributed by atoms with E-state index in [2.05, 4.69) is 20.5 Å². The third kappa shape index (κ3) is 3.55. The zero-order valence-electron chi connectivity index (χ0n) is 14.1. The molecule has 0 atom stereocenters. The molecule has 1 amide bonds. The summed E-state index contributed by atoms with van der Waals surface area (Å²) in [6, 6.07) is 17.3. The molecular weight excluding hydrogens is 328 g/mol. The van der Waals surface area contributed by atoms with Gasteiger partial charge < -0.3 is 10.1 Å². The Morgan fingerprint density at radius 3 is 2.58 bits per heavy atom. The molecule has 2 N–H and O–H groups in total. The van der Waals surface area contributed by atoms with E-state index in [1.54, 1.807) is 0 Å². The topological polar surface area (TPSA) is 79.9 Å². The van der Waals surface area contributed by atoms with Gasteiger partial charge in [0.25, 0.3) is 5.91 Å². The summed E-state index contributed by atoms with van der Waals surface area (Å²) in [5.74, 6) is 1.27. The minimum absolute atomic E-state index is 0.0768. The van der Waals surface area contributed by atoms with Crippen LogP contribution in [0.4, 0.5) is 5.69 Å². The second-order valence-corrected chi connectivity index (χ2v) is 5.96. The molecule has 1 aromatic heterocycles. The minimum atomic E-state index is -0.0768. The van der Waals surface area contributed by atoms with Crippen molar-refractivity contribution in [1.29, 1.82) is 0 Å². The van der Waals surface area contributed by atoms with Crippen molar-refractivity contribution in [3.8, 4) is 22.8 Å². The van der Waals surface area contributed by atoms with Gasteiger partial charge in [-0.15, -0.1) is 0 Å². The molecule has 130 valence electrons. The first-order valence-electron chi connectivity index (χ1n) is 8.46. The highest BCUT2D eigenvalue weighted by molar-refractivity contribution is 6.03. The number of ether oxygens (including phenoxy) is 1. The average molecular weight is 346 g/mol. The van der Waals surface area contributed by atoms with E-state index in [1.165, 1.54) is 0 Å². The molecule has 0 spiro atoms. The predicted octanol–water partition coefficient (Wildman–Crippen LogP) is 3.42. The van der Waals surface area contributed by atoms with Crippen LogP contribution < -0.4 is 5.32 Å². The van der Waals surface area contributed by atoms with Gasteiger partial charge in [0.05, 0.1) is 13.2 Å². The Kier molecular flexibility index (Phi) is 4.57. The lowest BCUT2D eigenvalue weighted by atomic mass is 10.1. The van der Waals surface area contributed by atoms with Crippen LogP contribution in [0.1, 0.15) is 6.42 Å². The van der Waals surface area contributed by atoms with E-state index in [1.807, 2.05) is 60.7 Å². The number of benzene rings is 2. The lowest BCUT2D eigenvalue weighted by Crippen LogP contribution is -2.18. The number of rotatable bonds is 4. The number of nitrogens with zero attached hydrogens (tertiary/aromatic N) is 2. The van der Waals surface area contributed by atoms with Gasteiger partial charge in [-0.2, -0.15) is 5.10 Å². The maximum Gasteiger partial charge on any atom is 0.251 e. The Morgan fingerprint density at radius 2 is 1.85 bits per heavy atom. The van der Waals surface area contributed by atoms with E-state index in [0.717, 1.165) is 22.4 Å². The lowest BCUT2D eigenvalue weighted by molar-refractivity contribution is -0.113. The number of hydrogen-bond acceptors (Lipinski definition) is 4. The highest BCUT2D eigenvalue weighted by Crippen LogP contribution is 2.22. The molecule has 0 saturated carbocycles. The van der Waals surface area contributed by atoms with Crippen molar-refractivity contribution in [1.82, 2.24) is 15.2 Å². The molecule has 0 saturated heterocycles. The van der Waals surface area contributed by atoms with E-state index in [0.29, 0.717) is 31.3 Å². The van der Waals surface area contributed by atoms with Crippen molar-refractivity contribution in [2.45, 2.75) is 6.42 Å². The molecule has 2 heterocycles. The zero-order valence-corrected chi connectivity index (χ0v) is 14.1. The SMILES string of the molecule is O=C(Nc1ccc(-c2nc(-c3ccccc3)n[nH]2)cc1)C1=CCOCC1. The van der Waals surface area contributed by atoms with Crippen molar-refractivity contribution >= 4 is 11.6 Å². The molecule has 6 nitrogen and oxygen atoms in total.